The van der Waals surface area contributed by atoms with Crippen LogP contribution in [0.25, 0.3) is 0 Å². The summed E-state index contributed by atoms with van der Waals surface area (Å²) >= 11 is 0. The van der Waals surface area contributed by atoms with E-state index in [0.29, 0.717) is 5.92 Å². The van der Waals surface area contributed by atoms with Gasteiger partial charge in [-0.15, -0.1) is 6.58 Å². The molecule has 0 fully saturated rings. The summed E-state index contributed by atoms with van der Waals surface area (Å²) in [6, 6.07) is 0. The van der Waals surface area contributed by atoms with Crippen LogP contribution >= 0.6 is 0 Å². The van der Waals surface area contributed by atoms with Gasteiger partial charge in [-0.3, -0.25) is 0 Å². The van der Waals surface area contributed by atoms with E-state index in [-0.39, 0.29) is 5.82 Å². The summed E-state index contributed by atoms with van der Waals surface area (Å²) in [4.78, 5) is 0. The Kier molecular flexibility index (Phi) is 2.91. The molecular weight excluding hydrogens is 139 g/mol. The van der Waals surface area contributed by atoms with Crippen LogP contribution in [0, 0.1) is 5.92 Å². The molecule has 0 aromatic heterocycles. The largest absolute Gasteiger partial charge is 0.458 e. The minimum atomic E-state index is -1.20. The lowest BCUT2D eigenvalue weighted by Crippen LogP contribution is -2.21. The lowest BCUT2D eigenvalue weighted by molar-refractivity contribution is 0.384. The van der Waals surface area contributed by atoms with Crippen molar-refractivity contribution in [3.8, 4) is 0 Å². The number of allylic oxidation sites excluding steroid dienone is 3. The zero-order valence-electron chi connectivity index (χ0n) is 6.48. The summed E-state index contributed by atoms with van der Waals surface area (Å²) in [5, 5.41) is 17.6. The van der Waals surface area contributed by atoms with Crippen LogP contribution in [0.2, 0.25) is 5.82 Å². The smallest absolute Gasteiger partial charge is 0.427 e. The Hall–Kier alpha value is -0.535. The van der Waals surface area contributed by atoms with Crippen molar-refractivity contribution < 1.29 is 10.0 Å². The Morgan fingerprint density at radius 3 is 2.45 bits per heavy atom. The Bertz CT molecular complexity index is 165. The first-order valence-corrected chi connectivity index (χ1v) is 3.91. The Morgan fingerprint density at radius 2 is 2.09 bits per heavy atom. The topological polar surface area (TPSA) is 40.5 Å². The van der Waals surface area contributed by atoms with Gasteiger partial charge in [0, 0.05) is 5.82 Å². The third-order valence-electron chi connectivity index (χ3n) is 2.12. The lowest BCUT2D eigenvalue weighted by Gasteiger charge is -2.19. The van der Waals surface area contributed by atoms with Crippen LogP contribution in [-0.2, 0) is 0 Å². The standard InChI is InChI=1S/C8H13BO2/c1-2-7-3-5-8(6-4-7)9(10)11/h2-3,5,7-8,10-11H,1,4,6H2. The van der Waals surface area contributed by atoms with Gasteiger partial charge in [-0.05, 0) is 18.8 Å². The summed E-state index contributed by atoms with van der Waals surface area (Å²) in [5.41, 5.74) is 0. The molecule has 0 saturated carbocycles. The maximum Gasteiger partial charge on any atom is 0.458 e. The van der Waals surface area contributed by atoms with Gasteiger partial charge in [-0.25, -0.2) is 0 Å². The quantitative estimate of drug-likeness (QED) is 0.457. The molecule has 1 rings (SSSR count). The monoisotopic (exact) mass is 152 g/mol. The van der Waals surface area contributed by atoms with E-state index < -0.39 is 7.12 Å². The Labute approximate surface area is 67.4 Å². The van der Waals surface area contributed by atoms with Gasteiger partial charge in [0.2, 0.25) is 0 Å². The van der Waals surface area contributed by atoms with E-state index in [4.69, 9.17) is 10.0 Å². The van der Waals surface area contributed by atoms with Crippen LogP contribution in [0.3, 0.4) is 0 Å². The van der Waals surface area contributed by atoms with Crippen molar-refractivity contribution in [2.45, 2.75) is 18.7 Å². The van der Waals surface area contributed by atoms with Crippen LogP contribution in [-0.4, -0.2) is 17.2 Å². The van der Waals surface area contributed by atoms with Gasteiger partial charge in [-0.1, -0.05) is 18.2 Å². The molecule has 0 radical (unpaired) electrons. The summed E-state index contributed by atoms with van der Waals surface area (Å²) in [7, 11) is -1.20. The molecule has 2 nitrogen and oxygen atoms in total. The normalized spacial score (nSPS) is 30.0. The zero-order valence-corrected chi connectivity index (χ0v) is 6.48. The van der Waals surface area contributed by atoms with Gasteiger partial charge in [0.1, 0.15) is 0 Å². The molecule has 0 bridgehead atoms. The highest BCUT2D eigenvalue weighted by molar-refractivity contribution is 6.43. The van der Waals surface area contributed by atoms with Crippen LogP contribution in [0.4, 0.5) is 0 Å². The third kappa shape index (κ3) is 2.21. The van der Waals surface area contributed by atoms with Crippen molar-refractivity contribution >= 4 is 7.12 Å². The van der Waals surface area contributed by atoms with Crippen molar-refractivity contribution in [3.63, 3.8) is 0 Å². The summed E-state index contributed by atoms with van der Waals surface area (Å²) in [6.07, 6.45) is 7.55. The molecule has 1 aliphatic rings. The molecule has 0 aromatic carbocycles. The van der Waals surface area contributed by atoms with Crippen LogP contribution < -0.4 is 0 Å². The molecule has 2 N–H and O–H groups in total. The summed E-state index contributed by atoms with van der Waals surface area (Å²) in [5.74, 6) is 0.344. The van der Waals surface area contributed by atoms with Crippen molar-refractivity contribution in [1.82, 2.24) is 0 Å². The van der Waals surface area contributed by atoms with E-state index in [1.165, 1.54) is 0 Å². The van der Waals surface area contributed by atoms with Crippen molar-refractivity contribution in [3.05, 3.63) is 24.8 Å². The molecule has 2 unspecified atom stereocenters. The zero-order chi connectivity index (χ0) is 8.27. The van der Waals surface area contributed by atoms with Crippen LogP contribution in [0.1, 0.15) is 12.8 Å². The second-order valence-electron chi connectivity index (χ2n) is 2.94. The maximum absolute atomic E-state index is 8.81. The van der Waals surface area contributed by atoms with Gasteiger partial charge in [0.05, 0.1) is 0 Å². The Balaban J connectivity index is 2.48. The second-order valence-corrected chi connectivity index (χ2v) is 2.94. The molecule has 0 aliphatic heterocycles. The molecule has 3 heteroatoms. The van der Waals surface area contributed by atoms with Crippen molar-refractivity contribution in [1.29, 1.82) is 0 Å². The predicted octanol–water partition coefficient (Wildman–Crippen LogP) is 0.982. The molecule has 60 valence electrons. The van der Waals surface area contributed by atoms with E-state index in [9.17, 15) is 0 Å². The summed E-state index contributed by atoms with van der Waals surface area (Å²) < 4.78 is 0. The van der Waals surface area contributed by atoms with Crippen LogP contribution in [0.5, 0.6) is 0 Å². The third-order valence-corrected chi connectivity index (χ3v) is 2.12. The van der Waals surface area contributed by atoms with Gasteiger partial charge >= 0.3 is 7.12 Å². The maximum atomic E-state index is 8.81. The molecule has 0 amide bonds. The van der Waals surface area contributed by atoms with Gasteiger partial charge in [0.25, 0.3) is 0 Å². The lowest BCUT2D eigenvalue weighted by atomic mass is 9.67. The molecule has 0 saturated heterocycles. The SMILES string of the molecule is C=CC1C=CC(B(O)O)CC1. The second kappa shape index (κ2) is 3.74. The fourth-order valence-electron chi connectivity index (χ4n) is 1.31. The van der Waals surface area contributed by atoms with E-state index in [1.54, 1.807) is 0 Å². The van der Waals surface area contributed by atoms with E-state index in [1.807, 2.05) is 18.2 Å². The average Bonchev–Trinajstić information content (AvgIpc) is 2.05. The first-order valence-electron chi connectivity index (χ1n) is 3.91. The molecule has 11 heavy (non-hydrogen) atoms. The first kappa shape index (κ1) is 8.56. The molecule has 1 aliphatic carbocycles. The highest BCUT2D eigenvalue weighted by Gasteiger charge is 2.23. The molecule has 0 aromatic rings. The molecular formula is C8H13BO2. The summed E-state index contributed by atoms with van der Waals surface area (Å²) in [6.45, 7) is 3.68. The molecule has 0 heterocycles. The fraction of sp³-hybridized carbons (Fsp3) is 0.500. The molecule has 0 spiro atoms. The minimum absolute atomic E-state index is 0.0776. The van der Waals surface area contributed by atoms with Gasteiger partial charge in [-0.2, -0.15) is 0 Å². The fourth-order valence-corrected chi connectivity index (χ4v) is 1.31. The predicted molar refractivity (Wildman–Crippen MR) is 46.0 cm³/mol. The molecule has 2 atom stereocenters. The highest BCUT2D eigenvalue weighted by atomic mass is 16.4. The minimum Gasteiger partial charge on any atom is -0.427 e. The van der Waals surface area contributed by atoms with Crippen molar-refractivity contribution in [2.75, 3.05) is 0 Å². The van der Waals surface area contributed by atoms with Crippen LogP contribution in [0.15, 0.2) is 24.8 Å². The Morgan fingerprint density at radius 1 is 1.36 bits per heavy atom. The number of hydrogen-bond donors (Lipinski definition) is 2. The van der Waals surface area contributed by atoms with E-state index >= 15 is 0 Å². The van der Waals surface area contributed by atoms with Crippen molar-refractivity contribution in [2.24, 2.45) is 5.92 Å². The first-order chi connectivity index (χ1) is 5.24. The van der Waals surface area contributed by atoms with Gasteiger partial charge < -0.3 is 10.0 Å². The van der Waals surface area contributed by atoms with E-state index in [2.05, 4.69) is 6.58 Å². The number of rotatable bonds is 2. The van der Waals surface area contributed by atoms with E-state index in [0.717, 1.165) is 12.8 Å². The average molecular weight is 152 g/mol. The highest BCUT2D eigenvalue weighted by Crippen LogP contribution is 2.27. The number of hydrogen-bond acceptors (Lipinski definition) is 2. The van der Waals surface area contributed by atoms with Gasteiger partial charge in [0.15, 0.2) is 0 Å².